The standard InChI is InChI=1S/C20H18ClNO2/c1-22-11-18(16-9-14(24-2)7-8-19(16)22)15-10-17(15)20(23)12-3-5-13(21)6-4-12/h3-9,11,15,17H,10H2,1-2H3. The first-order valence-electron chi connectivity index (χ1n) is 8.01. The molecule has 2 aromatic carbocycles. The van der Waals surface area contributed by atoms with E-state index < -0.39 is 0 Å². The monoisotopic (exact) mass is 339 g/mol. The van der Waals surface area contributed by atoms with Crippen LogP contribution in [0.1, 0.15) is 28.3 Å². The number of ketones is 1. The Morgan fingerprint density at radius 2 is 1.96 bits per heavy atom. The first-order chi connectivity index (χ1) is 11.6. The molecule has 24 heavy (non-hydrogen) atoms. The molecule has 0 N–H and O–H groups in total. The van der Waals surface area contributed by atoms with Crippen LogP contribution in [0.5, 0.6) is 5.75 Å². The SMILES string of the molecule is COc1ccc2c(c1)c(C1CC1C(=O)c1ccc(Cl)cc1)cn2C. The van der Waals surface area contributed by atoms with Crippen molar-refractivity contribution in [3.63, 3.8) is 0 Å². The van der Waals surface area contributed by atoms with E-state index in [-0.39, 0.29) is 17.6 Å². The molecule has 0 bridgehead atoms. The number of benzene rings is 2. The average Bonchev–Trinajstić information content (AvgIpc) is 3.33. The molecule has 0 spiro atoms. The van der Waals surface area contributed by atoms with E-state index >= 15 is 0 Å². The van der Waals surface area contributed by atoms with Crippen molar-refractivity contribution in [2.24, 2.45) is 13.0 Å². The van der Waals surface area contributed by atoms with Crippen LogP contribution in [0.2, 0.25) is 5.02 Å². The van der Waals surface area contributed by atoms with Gasteiger partial charge in [-0.15, -0.1) is 0 Å². The van der Waals surface area contributed by atoms with Crippen LogP contribution in [0.3, 0.4) is 0 Å². The maximum atomic E-state index is 12.7. The van der Waals surface area contributed by atoms with Crippen molar-refractivity contribution in [1.82, 2.24) is 4.57 Å². The normalized spacial score (nSPS) is 19.5. The Bertz CT molecular complexity index is 927. The summed E-state index contributed by atoms with van der Waals surface area (Å²) in [6.07, 6.45) is 3.04. The second kappa shape index (κ2) is 5.67. The van der Waals surface area contributed by atoms with E-state index in [2.05, 4.69) is 22.9 Å². The zero-order valence-corrected chi connectivity index (χ0v) is 14.4. The lowest BCUT2D eigenvalue weighted by Gasteiger charge is -2.03. The molecule has 2 unspecified atom stereocenters. The number of carbonyl (C=O) groups is 1. The zero-order valence-electron chi connectivity index (χ0n) is 13.6. The highest BCUT2D eigenvalue weighted by molar-refractivity contribution is 6.30. The number of ether oxygens (including phenoxy) is 1. The van der Waals surface area contributed by atoms with E-state index in [1.165, 1.54) is 10.9 Å². The van der Waals surface area contributed by atoms with Crippen molar-refractivity contribution in [3.05, 3.63) is 64.8 Å². The van der Waals surface area contributed by atoms with E-state index in [0.717, 1.165) is 23.3 Å². The number of aromatic nitrogens is 1. The van der Waals surface area contributed by atoms with Crippen LogP contribution >= 0.6 is 11.6 Å². The van der Waals surface area contributed by atoms with Crippen LogP contribution in [0, 0.1) is 5.92 Å². The molecule has 3 nitrogen and oxygen atoms in total. The third-order valence-electron chi connectivity index (χ3n) is 4.88. The molecule has 0 saturated heterocycles. The van der Waals surface area contributed by atoms with Gasteiger partial charge in [0.15, 0.2) is 5.78 Å². The molecule has 1 aliphatic carbocycles. The Hall–Kier alpha value is -2.26. The summed E-state index contributed by atoms with van der Waals surface area (Å²) in [6, 6.07) is 13.3. The summed E-state index contributed by atoms with van der Waals surface area (Å²) in [5.74, 6) is 1.39. The summed E-state index contributed by atoms with van der Waals surface area (Å²) < 4.78 is 7.47. The summed E-state index contributed by atoms with van der Waals surface area (Å²) in [6.45, 7) is 0. The van der Waals surface area contributed by atoms with Crippen molar-refractivity contribution in [3.8, 4) is 5.75 Å². The number of rotatable bonds is 4. The minimum absolute atomic E-state index is 0.0583. The molecule has 4 heteroatoms. The number of aryl methyl sites for hydroxylation is 1. The summed E-state index contributed by atoms with van der Waals surface area (Å²) in [4.78, 5) is 12.7. The van der Waals surface area contributed by atoms with Gasteiger partial charge in [-0.2, -0.15) is 0 Å². The highest BCUT2D eigenvalue weighted by Crippen LogP contribution is 2.51. The molecule has 4 rings (SSSR count). The molecule has 3 aromatic rings. The van der Waals surface area contributed by atoms with Crippen LogP contribution in [0.25, 0.3) is 10.9 Å². The summed E-state index contributed by atoms with van der Waals surface area (Å²) in [5, 5.41) is 1.83. The van der Waals surface area contributed by atoms with E-state index in [9.17, 15) is 4.79 Å². The van der Waals surface area contributed by atoms with Crippen molar-refractivity contribution in [2.45, 2.75) is 12.3 Å². The number of Topliss-reactive ketones (excluding diaryl/α,β-unsaturated/α-hetero) is 1. The summed E-state index contributed by atoms with van der Waals surface area (Å²) in [5.41, 5.74) is 3.14. The number of hydrogen-bond donors (Lipinski definition) is 0. The highest BCUT2D eigenvalue weighted by Gasteiger charge is 2.45. The largest absolute Gasteiger partial charge is 0.497 e. The van der Waals surface area contributed by atoms with E-state index in [0.29, 0.717) is 5.02 Å². The Morgan fingerprint density at radius 3 is 2.67 bits per heavy atom. The van der Waals surface area contributed by atoms with Crippen molar-refractivity contribution < 1.29 is 9.53 Å². The molecule has 1 fully saturated rings. The van der Waals surface area contributed by atoms with Gasteiger partial charge in [0.25, 0.3) is 0 Å². The fourth-order valence-corrected chi connectivity index (χ4v) is 3.61. The molecule has 0 aliphatic heterocycles. The van der Waals surface area contributed by atoms with Gasteiger partial charge in [-0.3, -0.25) is 4.79 Å². The van der Waals surface area contributed by atoms with Crippen molar-refractivity contribution in [1.29, 1.82) is 0 Å². The third-order valence-corrected chi connectivity index (χ3v) is 5.13. The van der Waals surface area contributed by atoms with Crippen LogP contribution < -0.4 is 4.74 Å². The van der Waals surface area contributed by atoms with E-state index in [4.69, 9.17) is 16.3 Å². The van der Waals surface area contributed by atoms with Crippen LogP contribution in [-0.2, 0) is 7.05 Å². The number of methoxy groups -OCH3 is 1. The van der Waals surface area contributed by atoms with E-state index in [1.54, 1.807) is 19.2 Å². The van der Waals surface area contributed by atoms with Gasteiger partial charge >= 0.3 is 0 Å². The zero-order chi connectivity index (χ0) is 16.8. The lowest BCUT2D eigenvalue weighted by molar-refractivity contribution is 0.0965. The van der Waals surface area contributed by atoms with Gasteiger partial charge in [0.1, 0.15) is 5.75 Å². The van der Waals surface area contributed by atoms with Gasteiger partial charge in [-0.05, 0) is 60.4 Å². The highest BCUT2D eigenvalue weighted by atomic mass is 35.5. The molecule has 2 atom stereocenters. The molecular weight excluding hydrogens is 322 g/mol. The second-order valence-corrected chi connectivity index (χ2v) is 6.83. The van der Waals surface area contributed by atoms with Gasteiger partial charge in [0.05, 0.1) is 7.11 Å². The molecule has 1 saturated carbocycles. The quantitative estimate of drug-likeness (QED) is 0.638. The van der Waals surface area contributed by atoms with Crippen molar-refractivity contribution in [2.75, 3.05) is 7.11 Å². The van der Waals surface area contributed by atoms with Crippen LogP contribution in [0.15, 0.2) is 48.7 Å². The Morgan fingerprint density at radius 1 is 1.21 bits per heavy atom. The number of carbonyl (C=O) groups excluding carboxylic acids is 1. The predicted molar refractivity (Wildman–Crippen MR) is 96.1 cm³/mol. The molecular formula is C20H18ClNO2. The van der Waals surface area contributed by atoms with Gasteiger partial charge in [-0.25, -0.2) is 0 Å². The average molecular weight is 340 g/mol. The third kappa shape index (κ3) is 2.49. The Kier molecular flexibility index (Phi) is 3.61. The molecule has 122 valence electrons. The lowest BCUT2D eigenvalue weighted by Crippen LogP contribution is -2.02. The molecule has 1 heterocycles. The van der Waals surface area contributed by atoms with Crippen molar-refractivity contribution >= 4 is 28.3 Å². The van der Waals surface area contributed by atoms with Crippen LogP contribution in [0.4, 0.5) is 0 Å². The maximum absolute atomic E-state index is 12.7. The number of fused-ring (bicyclic) bond motifs is 1. The Balaban J connectivity index is 1.65. The fourth-order valence-electron chi connectivity index (χ4n) is 3.48. The predicted octanol–water partition coefficient (Wildman–Crippen LogP) is 4.83. The minimum atomic E-state index is 0.0583. The maximum Gasteiger partial charge on any atom is 0.166 e. The van der Waals surface area contributed by atoms with Gasteiger partial charge in [0.2, 0.25) is 0 Å². The smallest absolute Gasteiger partial charge is 0.166 e. The topological polar surface area (TPSA) is 31.2 Å². The molecule has 0 radical (unpaired) electrons. The summed E-state index contributed by atoms with van der Waals surface area (Å²) in [7, 11) is 3.71. The summed E-state index contributed by atoms with van der Waals surface area (Å²) >= 11 is 5.91. The fraction of sp³-hybridized carbons (Fsp3) is 0.250. The number of hydrogen-bond acceptors (Lipinski definition) is 2. The second-order valence-electron chi connectivity index (χ2n) is 6.40. The molecule has 1 aliphatic rings. The van der Waals surface area contributed by atoms with Gasteiger partial charge in [-0.1, -0.05) is 11.6 Å². The lowest BCUT2D eigenvalue weighted by atomic mass is 10.0. The molecule has 0 amide bonds. The van der Waals surface area contributed by atoms with Gasteiger partial charge in [0, 0.05) is 40.7 Å². The molecule has 1 aromatic heterocycles. The van der Waals surface area contributed by atoms with Crippen LogP contribution in [-0.4, -0.2) is 17.5 Å². The first-order valence-corrected chi connectivity index (χ1v) is 8.39. The Labute approximate surface area is 145 Å². The number of halogens is 1. The van der Waals surface area contributed by atoms with E-state index in [1.807, 2.05) is 25.2 Å². The first kappa shape index (κ1) is 15.3. The minimum Gasteiger partial charge on any atom is -0.497 e. The van der Waals surface area contributed by atoms with Gasteiger partial charge < -0.3 is 9.30 Å². The number of nitrogens with zero attached hydrogens (tertiary/aromatic N) is 1.